The van der Waals surface area contributed by atoms with Gasteiger partial charge in [-0.1, -0.05) is 93.5 Å². The smallest absolute Gasteiger partial charge is 0.138 e. The average Bonchev–Trinajstić information content (AvgIpc) is 3.92. The molecule has 0 aromatic rings. The molecule has 0 aromatic heterocycles. The summed E-state index contributed by atoms with van der Waals surface area (Å²) < 4.78 is 0. The van der Waals surface area contributed by atoms with Crippen LogP contribution in [0.5, 0.6) is 0 Å². The second-order valence-electron chi connectivity index (χ2n) is 30.2. The Labute approximate surface area is 435 Å². The normalized spacial score (nSPS) is 50.8. The van der Waals surface area contributed by atoms with Crippen molar-refractivity contribution in [2.75, 3.05) is 39.5 Å². The standard InChI is InChI=1S/C32H55NO2.C30H48O2.C2H7NO/c1-21(2)22-10-15-32(20-35)17-16-30(6)23(27(22)32)8-9-25-29(5)13-12-26(33-18-19-34)28(3,4)24(29)11-14-31(25,30)7;1-19(2)20-10-15-30(18-31)17-16-28(6)21(25(20)30)8-9-23-27(5)13-12-24(32)26(3,4)22(27)11-14-29(23,28)7;3-1-2-4/h22-27,33-35H,1,8-20H2,2-7H3;20-23,25,31H,1,8-18H2,2-7H3;4H,1-3H2/t22-,23+,24-,25+,26?,27+,29-,30+,31+,32+;20-,21+,22-,23+,25+,27-,28+,29+,30+;/m00./s1. The molecule has 0 radical (unpaired) electrons. The second-order valence-corrected chi connectivity index (χ2v) is 30.2. The van der Waals surface area contributed by atoms with Crippen LogP contribution in [0.15, 0.2) is 24.3 Å². The van der Waals surface area contributed by atoms with Crippen LogP contribution >= 0.6 is 0 Å². The lowest BCUT2D eigenvalue weighted by atomic mass is 9.32. The molecule has 10 aliphatic rings. The predicted molar refractivity (Wildman–Crippen MR) is 292 cm³/mol. The summed E-state index contributed by atoms with van der Waals surface area (Å²) in [5.41, 5.74) is 9.97. The number of nitrogens with one attached hydrogen (secondary N) is 1. The Hall–Kier alpha value is -1.09. The summed E-state index contributed by atoms with van der Waals surface area (Å²) in [4.78, 5) is 12.9. The summed E-state index contributed by atoms with van der Waals surface area (Å²) in [5.74, 6) is 7.14. The van der Waals surface area contributed by atoms with E-state index < -0.39 is 0 Å². The molecule has 19 atom stereocenters. The zero-order chi connectivity index (χ0) is 52.2. The number of hydrogen-bond donors (Lipinski definition) is 6. The van der Waals surface area contributed by atoms with Gasteiger partial charge in [-0.3, -0.25) is 4.79 Å². The lowest BCUT2D eigenvalue weighted by Crippen LogP contribution is -2.67. The topological polar surface area (TPSA) is 136 Å². The molecule has 1 unspecified atom stereocenters. The summed E-state index contributed by atoms with van der Waals surface area (Å²) in [6, 6.07) is 0.513. The van der Waals surface area contributed by atoms with Crippen molar-refractivity contribution in [1.82, 2.24) is 5.32 Å². The molecule has 7 nitrogen and oxygen atoms in total. The molecule has 0 saturated heterocycles. The number of aliphatic hydroxyl groups excluding tert-OH is 4. The number of nitrogens with two attached hydrogens (primary N) is 1. The predicted octanol–water partition coefficient (Wildman–Crippen LogP) is 12.7. The Morgan fingerprint density at radius 1 is 0.535 bits per heavy atom. The quantitative estimate of drug-likeness (QED) is 0.133. The number of carbonyl (C=O) groups excluding carboxylic acids is 1. The molecule has 10 rings (SSSR count). The molecular formula is C64H110N2O5. The third kappa shape index (κ3) is 8.04. The van der Waals surface area contributed by atoms with Gasteiger partial charge in [-0.2, -0.15) is 0 Å². The first-order valence-corrected chi connectivity index (χ1v) is 29.9. The number of hydrogen-bond acceptors (Lipinski definition) is 7. The summed E-state index contributed by atoms with van der Waals surface area (Å²) in [7, 11) is 0. The Morgan fingerprint density at radius 3 is 1.41 bits per heavy atom. The zero-order valence-corrected chi connectivity index (χ0v) is 47.9. The number of carbonyl (C=O) groups is 1. The fourth-order valence-corrected chi connectivity index (χ4v) is 23.5. The first-order chi connectivity index (χ1) is 33.2. The number of ketones is 1. The van der Waals surface area contributed by atoms with Gasteiger partial charge in [0.25, 0.3) is 0 Å². The van der Waals surface area contributed by atoms with Crippen molar-refractivity contribution in [2.45, 2.75) is 218 Å². The minimum atomic E-state index is -0.165. The summed E-state index contributed by atoms with van der Waals surface area (Å²) >= 11 is 0. The van der Waals surface area contributed by atoms with Crippen LogP contribution in [0.25, 0.3) is 0 Å². The lowest BCUT2D eigenvalue weighted by molar-refractivity contribution is -0.241. The molecule has 10 saturated carbocycles. The molecule has 0 aliphatic heterocycles. The van der Waals surface area contributed by atoms with Crippen LogP contribution in [0.1, 0.15) is 212 Å². The number of fused-ring (bicyclic) bond motifs is 14. The molecule has 0 amide bonds. The van der Waals surface area contributed by atoms with Crippen molar-refractivity contribution in [3.63, 3.8) is 0 Å². The van der Waals surface area contributed by atoms with Gasteiger partial charge in [0.2, 0.25) is 0 Å². The molecule has 0 spiro atoms. The molecule has 0 heterocycles. The Balaban J connectivity index is 0.000000178. The summed E-state index contributed by atoms with van der Waals surface area (Å²) in [6.07, 6.45) is 24.8. The maximum Gasteiger partial charge on any atom is 0.138 e. The second kappa shape index (κ2) is 19.4. The maximum atomic E-state index is 12.9. The summed E-state index contributed by atoms with van der Waals surface area (Å²) in [5, 5.41) is 42.3. The van der Waals surface area contributed by atoms with E-state index in [4.69, 9.17) is 10.8 Å². The Bertz CT molecular complexity index is 1980. The highest BCUT2D eigenvalue weighted by atomic mass is 16.3. The molecule has 7 heteroatoms. The van der Waals surface area contributed by atoms with Crippen molar-refractivity contribution in [3.8, 4) is 0 Å². The van der Waals surface area contributed by atoms with E-state index in [9.17, 15) is 20.1 Å². The summed E-state index contributed by atoms with van der Waals surface area (Å²) in [6.45, 7) is 41.1. The zero-order valence-electron chi connectivity index (χ0n) is 47.9. The van der Waals surface area contributed by atoms with Gasteiger partial charge in [-0.05, 0) is 244 Å². The monoisotopic (exact) mass is 987 g/mol. The van der Waals surface area contributed by atoms with Gasteiger partial charge in [0.1, 0.15) is 5.78 Å². The van der Waals surface area contributed by atoms with Crippen LogP contribution in [-0.2, 0) is 4.79 Å². The SMILES string of the molecule is C=C(C)[C@@H]1CC[C@]2(CO)CC[C@]3(C)[C@H](CC[C@@H]4[C@@]5(C)CCC(=O)C(C)(C)[C@@H]5CC[C@]43C)[C@@H]12.C=C(C)[C@@H]1CC[C@]2(CO)CC[C@]3(C)[C@H](CC[C@@H]4[C@@]5(C)CCC(NCCO)C(C)(C)[C@@H]5CC[C@]43C)[C@@H]12.NCCO. The molecule has 0 aromatic carbocycles. The van der Waals surface area contributed by atoms with Crippen molar-refractivity contribution in [2.24, 2.45) is 119 Å². The van der Waals surface area contributed by atoms with E-state index in [1.807, 2.05) is 0 Å². The minimum Gasteiger partial charge on any atom is -0.396 e. The Kier molecular flexibility index (Phi) is 15.4. The van der Waals surface area contributed by atoms with Crippen LogP contribution in [0.3, 0.4) is 0 Å². The average molecular weight is 988 g/mol. The Morgan fingerprint density at radius 2 is 0.986 bits per heavy atom. The molecule has 10 fully saturated rings. The van der Waals surface area contributed by atoms with E-state index in [0.717, 1.165) is 37.1 Å². The van der Waals surface area contributed by atoms with E-state index in [1.165, 1.54) is 127 Å². The van der Waals surface area contributed by atoms with Gasteiger partial charge in [0.05, 0.1) is 13.2 Å². The fourth-order valence-electron chi connectivity index (χ4n) is 23.5. The molecule has 10 aliphatic carbocycles. The third-order valence-electron chi connectivity index (χ3n) is 27.5. The molecule has 406 valence electrons. The largest absolute Gasteiger partial charge is 0.396 e. The van der Waals surface area contributed by atoms with Gasteiger partial charge in [-0.25, -0.2) is 0 Å². The van der Waals surface area contributed by atoms with Crippen molar-refractivity contribution in [1.29, 1.82) is 0 Å². The van der Waals surface area contributed by atoms with E-state index in [-0.39, 0.29) is 40.3 Å². The third-order valence-corrected chi connectivity index (χ3v) is 27.5. The first kappa shape index (κ1) is 56.1. The maximum absolute atomic E-state index is 12.9. The van der Waals surface area contributed by atoms with E-state index in [0.29, 0.717) is 100 Å². The van der Waals surface area contributed by atoms with Crippen molar-refractivity contribution < 1.29 is 25.2 Å². The molecule has 7 N–H and O–H groups in total. The molecular weight excluding hydrogens is 877 g/mol. The number of aliphatic hydroxyl groups is 4. The van der Waals surface area contributed by atoms with Gasteiger partial charge < -0.3 is 31.5 Å². The highest BCUT2D eigenvalue weighted by molar-refractivity contribution is 5.85. The van der Waals surface area contributed by atoms with E-state index in [2.05, 4.69) is 102 Å². The van der Waals surface area contributed by atoms with Gasteiger partial charge >= 0.3 is 0 Å². The highest BCUT2D eigenvalue weighted by Crippen LogP contribution is 2.79. The lowest BCUT2D eigenvalue weighted by Gasteiger charge is -2.73. The van der Waals surface area contributed by atoms with Gasteiger partial charge in [0.15, 0.2) is 0 Å². The van der Waals surface area contributed by atoms with Crippen LogP contribution in [0.2, 0.25) is 0 Å². The van der Waals surface area contributed by atoms with E-state index >= 15 is 0 Å². The van der Waals surface area contributed by atoms with Gasteiger partial charge in [0, 0.05) is 44.2 Å². The minimum absolute atomic E-state index is 0.0972. The molecule has 0 bridgehead atoms. The number of rotatable bonds is 8. The van der Waals surface area contributed by atoms with Crippen LogP contribution in [-0.4, -0.2) is 71.8 Å². The van der Waals surface area contributed by atoms with Crippen molar-refractivity contribution in [3.05, 3.63) is 24.3 Å². The highest BCUT2D eigenvalue weighted by Gasteiger charge is 2.73. The number of allylic oxidation sites excluding steroid dienone is 2. The van der Waals surface area contributed by atoms with Crippen LogP contribution in [0, 0.1) is 113 Å². The molecule has 71 heavy (non-hydrogen) atoms. The van der Waals surface area contributed by atoms with Crippen molar-refractivity contribution >= 4 is 5.78 Å². The van der Waals surface area contributed by atoms with E-state index in [1.54, 1.807) is 0 Å². The number of Topliss-reactive ketones (excluding diaryl/α,β-unsaturated/α-hetero) is 1. The van der Waals surface area contributed by atoms with Gasteiger partial charge in [-0.15, -0.1) is 0 Å². The van der Waals surface area contributed by atoms with Crippen LogP contribution < -0.4 is 11.1 Å². The fraction of sp³-hybridized carbons (Fsp3) is 0.922. The van der Waals surface area contributed by atoms with Crippen LogP contribution in [0.4, 0.5) is 0 Å². The first-order valence-electron chi connectivity index (χ1n) is 29.9.